The third-order valence-electron chi connectivity index (χ3n) is 1.16. The van der Waals surface area contributed by atoms with Crippen LogP contribution in [0.15, 0.2) is 12.2 Å². The minimum Gasteiger partial charge on any atom is -0.463 e. The average Bonchev–Trinajstić information content (AvgIpc) is 2.09. The number of carbonyl (C=O) groups is 1. The predicted octanol–water partition coefficient (Wildman–Crippen LogP) is -0.149. The van der Waals surface area contributed by atoms with Gasteiger partial charge in [-0.3, -0.25) is 0 Å². The summed E-state index contributed by atoms with van der Waals surface area (Å²) in [4.78, 5) is 10.7. The number of esters is 1. The molecule has 0 aliphatic heterocycles. The van der Waals surface area contributed by atoms with E-state index in [4.69, 9.17) is 14.9 Å². The van der Waals surface area contributed by atoms with Gasteiger partial charge < -0.3 is 14.9 Å². The maximum Gasteiger partial charge on any atom is 0.330 e. The Balaban J connectivity index is 3.25. The molecule has 4 nitrogen and oxygen atoms in total. The molecule has 2 N–H and O–H groups in total. The molecular formula is C8H14O4. The summed E-state index contributed by atoms with van der Waals surface area (Å²) in [6.07, 6.45) is 3.79. The highest BCUT2D eigenvalue weighted by atomic mass is 16.5. The van der Waals surface area contributed by atoms with Crippen molar-refractivity contribution in [2.75, 3.05) is 19.8 Å². The molecule has 0 saturated heterocycles. The van der Waals surface area contributed by atoms with Gasteiger partial charge in [0.1, 0.15) is 0 Å². The lowest BCUT2D eigenvalue weighted by Gasteiger charge is -1.99. The van der Waals surface area contributed by atoms with Crippen LogP contribution in [0.25, 0.3) is 0 Å². The van der Waals surface area contributed by atoms with Crippen molar-refractivity contribution in [1.82, 2.24) is 0 Å². The SMILES string of the molecule is O=C(C=CCO)OCCCCO. The predicted molar refractivity (Wildman–Crippen MR) is 43.5 cm³/mol. The summed E-state index contributed by atoms with van der Waals surface area (Å²) in [5, 5.41) is 16.7. The van der Waals surface area contributed by atoms with Gasteiger partial charge in [-0.2, -0.15) is 0 Å². The Bertz CT molecular complexity index is 142. The molecule has 0 radical (unpaired) electrons. The Morgan fingerprint density at radius 3 is 2.67 bits per heavy atom. The lowest BCUT2D eigenvalue weighted by Crippen LogP contribution is -2.03. The second-order valence-electron chi connectivity index (χ2n) is 2.18. The lowest BCUT2D eigenvalue weighted by atomic mass is 10.3. The largest absolute Gasteiger partial charge is 0.463 e. The zero-order valence-corrected chi connectivity index (χ0v) is 6.90. The molecule has 0 unspecified atom stereocenters. The van der Waals surface area contributed by atoms with E-state index in [1.54, 1.807) is 0 Å². The summed E-state index contributed by atoms with van der Waals surface area (Å²) in [6, 6.07) is 0. The molecular weight excluding hydrogens is 160 g/mol. The van der Waals surface area contributed by atoms with E-state index in [0.29, 0.717) is 19.4 Å². The molecule has 12 heavy (non-hydrogen) atoms. The molecule has 0 spiro atoms. The van der Waals surface area contributed by atoms with Crippen LogP contribution in [0.3, 0.4) is 0 Å². The van der Waals surface area contributed by atoms with E-state index in [2.05, 4.69) is 0 Å². The Labute approximate surface area is 71.5 Å². The first kappa shape index (κ1) is 11.1. The number of ether oxygens (including phenoxy) is 1. The maximum absolute atomic E-state index is 10.7. The standard InChI is InChI=1S/C8H14O4/c9-5-1-2-7-12-8(11)4-3-6-10/h3-4,9-10H,1-2,5-7H2. The molecule has 0 amide bonds. The smallest absolute Gasteiger partial charge is 0.330 e. The summed E-state index contributed by atoms with van der Waals surface area (Å²) in [7, 11) is 0. The number of hydrogen-bond donors (Lipinski definition) is 2. The fraction of sp³-hybridized carbons (Fsp3) is 0.625. The molecule has 0 aliphatic rings. The summed E-state index contributed by atoms with van der Waals surface area (Å²) >= 11 is 0. The molecule has 0 aromatic rings. The molecule has 0 saturated carbocycles. The van der Waals surface area contributed by atoms with Crippen LogP contribution < -0.4 is 0 Å². The van der Waals surface area contributed by atoms with E-state index in [0.717, 1.165) is 0 Å². The topological polar surface area (TPSA) is 66.8 Å². The molecule has 70 valence electrons. The van der Waals surface area contributed by atoms with E-state index in [1.165, 1.54) is 12.2 Å². The van der Waals surface area contributed by atoms with E-state index < -0.39 is 5.97 Å². The molecule has 0 aromatic heterocycles. The van der Waals surface area contributed by atoms with Crippen molar-refractivity contribution in [3.8, 4) is 0 Å². The highest BCUT2D eigenvalue weighted by Gasteiger charge is 1.94. The molecule has 0 aliphatic carbocycles. The summed E-state index contributed by atoms with van der Waals surface area (Å²) in [5.41, 5.74) is 0. The van der Waals surface area contributed by atoms with Crippen molar-refractivity contribution < 1.29 is 19.7 Å². The van der Waals surface area contributed by atoms with Gasteiger partial charge in [-0.15, -0.1) is 0 Å². The third-order valence-corrected chi connectivity index (χ3v) is 1.16. The Morgan fingerprint density at radius 1 is 1.33 bits per heavy atom. The number of hydrogen-bond acceptors (Lipinski definition) is 4. The summed E-state index contributed by atoms with van der Waals surface area (Å²) in [5.74, 6) is -0.456. The molecule has 0 atom stereocenters. The van der Waals surface area contributed by atoms with Crippen molar-refractivity contribution in [2.45, 2.75) is 12.8 Å². The quantitative estimate of drug-likeness (QED) is 0.334. The first-order valence-corrected chi connectivity index (χ1v) is 3.86. The number of aliphatic hydroxyl groups excluding tert-OH is 2. The van der Waals surface area contributed by atoms with Gasteiger partial charge in [0, 0.05) is 12.7 Å². The van der Waals surface area contributed by atoms with Crippen LogP contribution in [0, 0.1) is 0 Å². The van der Waals surface area contributed by atoms with Crippen molar-refractivity contribution >= 4 is 5.97 Å². The van der Waals surface area contributed by atoms with Gasteiger partial charge in [-0.1, -0.05) is 6.08 Å². The van der Waals surface area contributed by atoms with Gasteiger partial charge in [-0.25, -0.2) is 4.79 Å². The molecule has 0 aromatic carbocycles. The number of rotatable bonds is 6. The van der Waals surface area contributed by atoms with Crippen molar-refractivity contribution in [3.63, 3.8) is 0 Å². The van der Waals surface area contributed by atoms with Gasteiger partial charge in [0.05, 0.1) is 13.2 Å². The molecule has 4 heteroatoms. The van der Waals surface area contributed by atoms with Crippen LogP contribution in [0.4, 0.5) is 0 Å². The first-order chi connectivity index (χ1) is 5.81. The Morgan fingerprint density at radius 2 is 2.08 bits per heavy atom. The van der Waals surface area contributed by atoms with Gasteiger partial charge in [0.15, 0.2) is 0 Å². The first-order valence-electron chi connectivity index (χ1n) is 3.86. The van der Waals surface area contributed by atoms with Crippen LogP contribution in [-0.4, -0.2) is 36.0 Å². The van der Waals surface area contributed by atoms with Crippen LogP contribution in [0.5, 0.6) is 0 Å². The van der Waals surface area contributed by atoms with E-state index in [-0.39, 0.29) is 13.2 Å². The average molecular weight is 174 g/mol. The highest BCUT2D eigenvalue weighted by molar-refractivity contribution is 5.81. The van der Waals surface area contributed by atoms with Crippen LogP contribution in [0.1, 0.15) is 12.8 Å². The maximum atomic E-state index is 10.7. The van der Waals surface area contributed by atoms with E-state index in [1.807, 2.05) is 0 Å². The second-order valence-corrected chi connectivity index (χ2v) is 2.18. The molecule has 0 heterocycles. The van der Waals surface area contributed by atoms with Gasteiger partial charge in [0.25, 0.3) is 0 Å². The zero-order valence-electron chi connectivity index (χ0n) is 6.90. The third kappa shape index (κ3) is 7.24. The van der Waals surface area contributed by atoms with Gasteiger partial charge in [0.2, 0.25) is 0 Å². The van der Waals surface area contributed by atoms with Crippen LogP contribution in [0.2, 0.25) is 0 Å². The number of carbonyl (C=O) groups excluding carboxylic acids is 1. The van der Waals surface area contributed by atoms with Gasteiger partial charge >= 0.3 is 5.97 Å². The normalized spacial score (nSPS) is 10.5. The van der Waals surface area contributed by atoms with Crippen LogP contribution >= 0.6 is 0 Å². The Kier molecular flexibility index (Phi) is 7.63. The van der Waals surface area contributed by atoms with Crippen molar-refractivity contribution in [2.24, 2.45) is 0 Å². The van der Waals surface area contributed by atoms with Gasteiger partial charge in [-0.05, 0) is 12.8 Å². The minimum atomic E-state index is -0.456. The number of unbranched alkanes of at least 4 members (excludes halogenated alkanes) is 1. The van der Waals surface area contributed by atoms with E-state index in [9.17, 15) is 4.79 Å². The van der Waals surface area contributed by atoms with Crippen molar-refractivity contribution in [3.05, 3.63) is 12.2 Å². The van der Waals surface area contributed by atoms with E-state index >= 15 is 0 Å². The monoisotopic (exact) mass is 174 g/mol. The minimum absolute atomic E-state index is 0.115. The fourth-order valence-electron chi connectivity index (χ4n) is 0.584. The molecule has 0 bridgehead atoms. The fourth-order valence-corrected chi connectivity index (χ4v) is 0.584. The molecule has 0 fully saturated rings. The lowest BCUT2D eigenvalue weighted by molar-refractivity contribution is -0.137. The summed E-state index contributed by atoms with van der Waals surface area (Å²) < 4.78 is 4.70. The number of aliphatic hydroxyl groups is 2. The molecule has 0 rings (SSSR count). The Hall–Kier alpha value is -0.870. The second kappa shape index (κ2) is 8.23. The summed E-state index contributed by atoms with van der Waals surface area (Å²) in [6.45, 7) is 0.269. The highest BCUT2D eigenvalue weighted by Crippen LogP contribution is 1.89. The zero-order chi connectivity index (χ0) is 9.23. The van der Waals surface area contributed by atoms with Crippen molar-refractivity contribution in [1.29, 1.82) is 0 Å². The van der Waals surface area contributed by atoms with Crippen LogP contribution in [-0.2, 0) is 9.53 Å².